The first-order chi connectivity index (χ1) is 12.9. The van der Waals surface area contributed by atoms with Gasteiger partial charge in [-0.15, -0.1) is 0 Å². The number of imide groups is 1. The van der Waals surface area contributed by atoms with Gasteiger partial charge in [0.25, 0.3) is 5.91 Å². The maximum atomic E-state index is 13.8. The van der Waals surface area contributed by atoms with Crippen LogP contribution in [0.3, 0.4) is 0 Å². The van der Waals surface area contributed by atoms with Crippen molar-refractivity contribution in [3.63, 3.8) is 0 Å². The van der Waals surface area contributed by atoms with Gasteiger partial charge >= 0.3 is 6.03 Å². The number of carbonyl (C=O) groups is 3. The number of amides is 4. The van der Waals surface area contributed by atoms with Gasteiger partial charge in [0.15, 0.2) is 0 Å². The van der Waals surface area contributed by atoms with Crippen molar-refractivity contribution in [2.45, 2.75) is 44.2 Å². The SMILES string of the molecule is O=C1CC(CN2C(=O)NC3(CCCC3)C2=O)CN1Cc1ccc(F)cc1F. The molecule has 1 aromatic carbocycles. The normalized spacial score (nSPS) is 24.4. The van der Waals surface area contributed by atoms with Crippen LogP contribution in [0, 0.1) is 17.6 Å². The zero-order chi connectivity index (χ0) is 19.2. The summed E-state index contributed by atoms with van der Waals surface area (Å²) in [5.74, 6) is -1.90. The van der Waals surface area contributed by atoms with Gasteiger partial charge in [-0.1, -0.05) is 18.9 Å². The summed E-state index contributed by atoms with van der Waals surface area (Å²) in [6.07, 6.45) is 3.35. The molecule has 4 amide bonds. The summed E-state index contributed by atoms with van der Waals surface area (Å²) in [7, 11) is 0. The van der Waals surface area contributed by atoms with Crippen LogP contribution in [0.4, 0.5) is 13.6 Å². The molecule has 1 aromatic rings. The molecule has 1 spiro atoms. The maximum Gasteiger partial charge on any atom is 0.325 e. The molecule has 6 nitrogen and oxygen atoms in total. The Morgan fingerprint density at radius 2 is 1.89 bits per heavy atom. The molecule has 1 saturated carbocycles. The summed E-state index contributed by atoms with van der Waals surface area (Å²) in [4.78, 5) is 40.0. The van der Waals surface area contributed by atoms with Gasteiger partial charge in [-0.25, -0.2) is 13.6 Å². The number of nitrogens with zero attached hydrogens (tertiary/aromatic N) is 2. The second kappa shape index (κ2) is 6.58. The van der Waals surface area contributed by atoms with Gasteiger partial charge in [0.2, 0.25) is 5.91 Å². The minimum absolute atomic E-state index is 0.0471. The van der Waals surface area contributed by atoms with Crippen LogP contribution in [-0.4, -0.2) is 46.3 Å². The van der Waals surface area contributed by atoms with E-state index in [1.165, 1.54) is 15.9 Å². The highest BCUT2D eigenvalue weighted by Crippen LogP contribution is 2.36. The number of halogens is 2. The van der Waals surface area contributed by atoms with Gasteiger partial charge in [0.1, 0.15) is 17.2 Å². The van der Waals surface area contributed by atoms with E-state index < -0.39 is 23.2 Å². The molecular formula is C19H21F2N3O3. The van der Waals surface area contributed by atoms with Crippen molar-refractivity contribution in [3.8, 4) is 0 Å². The summed E-state index contributed by atoms with van der Waals surface area (Å²) in [6.45, 7) is 0.561. The van der Waals surface area contributed by atoms with E-state index in [-0.39, 0.29) is 42.8 Å². The third-order valence-electron chi connectivity index (χ3n) is 5.81. The molecule has 0 aromatic heterocycles. The molecule has 27 heavy (non-hydrogen) atoms. The summed E-state index contributed by atoms with van der Waals surface area (Å²) < 4.78 is 26.9. The number of likely N-dealkylation sites (tertiary alicyclic amines) is 1. The first kappa shape index (κ1) is 17.9. The van der Waals surface area contributed by atoms with E-state index in [2.05, 4.69) is 5.32 Å². The quantitative estimate of drug-likeness (QED) is 0.818. The Morgan fingerprint density at radius 3 is 2.59 bits per heavy atom. The molecule has 0 radical (unpaired) electrons. The largest absolute Gasteiger partial charge is 0.338 e. The van der Waals surface area contributed by atoms with Gasteiger partial charge in [-0.2, -0.15) is 0 Å². The van der Waals surface area contributed by atoms with E-state index in [0.717, 1.165) is 25.0 Å². The van der Waals surface area contributed by atoms with Crippen molar-refractivity contribution in [2.24, 2.45) is 5.92 Å². The number of benzene rings is 1. The molecule has 1 unspecified atom stereocenters. The number of nitrogens with one attached hydrogen (secondary N) is 1. The highest BCUT2D eigenvalue weighted by atomic mass is 19.1. The highest BCUT2D eigenvalue weighted by molar-refractivity contribution is 6.07. The molecule has 1 N–H and O–H groups in total. The van der Waals surface area contributed by atoms with E-state index in [9.17, 15) is 23.2 Å². The number of rotatable bonds is 4. The van der Waals surface area contributed by atoms with Crippen molar-refractivity contribution >= 4 is 17.8 Å². The molecule has 8 heteroatoms. The molecule has 0 bridgehead atoms. The van der Waals surface area contributed by atoms with Crippen LogP contribution >= 0.6 is 0 Å². The van der Waals surface area contributed by atoms with Crippen LogP contribution in [0.5, 0.6) is 0 Å². The molecule has 3 fully saturated rings. The molecule has 1 atom stereocenters. The molecule has 144 valence electrons. The third kappa shape index (κ3) is 3.17. The Kier molecular flexibility index (Phi) is 4.36. The van der Waals surface area contributed by atoms with Crippen molar-refractivity contribution in [1.82, 2.24) is 15.1 Å². The second-order valence-corrected chi connectivity index (χ2v) is 7.72. The van der Waals surface area contributed by atoms with Gasteiger partial charge < -0.3 is 10.2 Å². The predicted octanol–water partition coefficient (Wildman–Crippen LogP) is 2.18. The lowest BCUT2D eigenvalue weighted by Gasteiger charge is -2.22. The molecule has 3 aliphatic rings. The summed E-state index contributed by atoms with van der Waals surface area (Å²) in [6, 6.07) is 2.89. The Labute approximate surface area is 155 Å². The molecule has 2 saturated heterocycles. The minimum Gasteiger partial charge on any atom is -0.338 e. The van der Waals surface area contributed by atoms with Crippen LogP contribution in [0.1, 0.15) is 37.7 Å². The van der Waals surface area contributed by atoms with Gasteiger partial charge in [0, 0.05) is 43.6 Å². The van der Waals surface area contributed by atoms with Crippen LogP contribution in [-0.2, 0) is 16.1 Å². The van der Waals surface area contributed by atoms with Crippen molar-refractivity contribution in [3.05, 3.63) is 35.4 Å². The van der Waals surface area contributed by atoms with Crippen molar-refractivity contribution in [2.75, 3.05) is 13.1 Å². The Hall–Kier alpha value is -2.51. The molecule has 4 rings (SSSR count). The van der Waals surface area contributed by atoms with Gasteiger partial charge in [0.05, 0.1) is 0 Å². The van der Waals surface area contributed by atoms with Crippen LogP contribution in [0.15, 0.2) is 18.2 Å². The lowest BCUT2D eigenvalue weighted by atomic mass is 9.97. The second-order valence-electron chi connectivity index (χ2n) is 7.72. The first-order valence-corrected chi connectivity index (χ1v) is 9.24. The van der Waals surface area contributed by atoms with E-state index in [0.29, 0.717) is 19.4 Å². The average molecular weight is 377 g/mol. The Balaban J connectivity index is 1.41. The molecule has 1 aliphatic carbocycles. The summed E-state index contributed by atoms with van der Waals surface area (Å²) >= 11 is 0. The Morgan fingerprint density at radius 1 is 1.15 bits per heavy atom. The number of carbonyl (C=O) groups excluding carboxylic acids is 3. The lowest BCUT2D eigenvalue weighted by Crippen LogP contribution is -2.44. The molecule has 2 heterocycles. The summed E-state index contributed by atoms with van der Waals surface area (Å²) in [5, 5.41) is 2.83. The van der Waals surface area contributed by atoms with E-state index in [4.69, 9.17) is 0 Å². The number of hydrogen-bond acceptors (Lipinski definition) is 3. The fourth-order valence-electron chi connectivity index (χ4n) is 4.40. The van der Waals surface area contributed by atoms with Crippen LogP contribution < -0.4 is 5.32 Å². The zero-order valence-corrected chi connectivity index (χ0v) is 14.8. The topological polar surface area (TPSA) is 69.7 Å². The monoisotopic (exact) mass is 377 g/mol. The first-order valence-electron chi connectivity index (χ1n) is 9.24. The van der Waals surface area contributed by atoms with E-state index in [1.54, 1.807) is 0 Å². The highest BCUT2D eigenvalue weighted by Gasteiger charge is 2.53. The molecule has 2 aliphatic heterocycles. The lowest BCUT2D eigenvalue weighted by molar-refractivity contribution is -0.132. The van der Waals surface area contributed by atoms with Crippen LogP contribution in [0.25, 0.3) is 0 Å². The minimum atomic E-state index is -0.753. The summed E-state index contributed by atoms with van der Waals surface area (Å²) in [5.41, 5.74) is -0.512. The van der Waals surface area contributed by atoms with Crippen molar-refractivity contribution in [1.29, 1.82) is 0 Å². The maximum absolute atomic E-state index is 13.8. The zero-order valence-electron chi connectivity index (χ0n) is 14.8. The molecular weight excluding hydrogens is 356 g/mol. The van der Waals surface area contributed by atoms with E-state index in [1.807, 2.05) is 0 Å². The smallest absolute Gasteiger partial charge is 0.325 e. The van der Waals surface area contributed by atoms with Gasteiger partial charge in [-0.3, -0.25) is 14.5 Å². The van der Waals surface area contributed by atoms with Crippen molar-refractivity contribution < 1.29 is 23.2 Å². The number of hydrogen-bond donors (Lipinski definition) is 1. The van der Waals surface area contributed by atoms with Gasteiger partial charge in [-0.05, 0) is 18.9 Å². The standard InChI is InChI=1S/C19H21F2N3O3/c20-14-4-3-13(15(21)8-14)11-23-9-12(7-16(23)25)10-24-17(26)19(22-18(24)27)5-1-2-6-19/h3-4,8,12H,1-2,5-7,9-11H2,(H,22,27). The van der Waals surface area contributed by atoms with E-state index >= 15 is 0 Å². The third-order valence-corrected chi connectivity index (χ3v) is 5.81. The van der Waals surface area contributed by atoms with Crippen LogP contribution in [0.2, 0.25) is 0 Å². The average Bonchev–Trinajstić information content (AvgIpc) is 3.27. The predicted molar refractivity (Wildman–Crippen MR) is 91.3 cm³/mol. The number of urea groups is 1. The fraction of sp³-hybridized carbons (Fsp3) is 0.526. The Bertz CT molecular complexity index is 807. The fourth-order valence-corrected chi connectivity index (χ4v) is 4.40.